The second-order valence-corrected chi connectivity index (χ2v) is 9.90. The fraction of sp³-hybridized carbons (Fsp3) is 0.310. The Labute approximate surface area is 198 Å². The van der Waals surface area contributed by atoms with Crippen LogP contribution in [0.5, 0.6) is 0 Å². The molecule has 4 nitrogen and oxygen atoms in total. The summed E-state index contributed by atoms with van der Waals surface area (Å²) in [4.78, 5) is 27.3. The average molecular weight is 452 g/mol. The van der Waals surface area contributed by atoms with Crippen LogP contribution in [0.1, 0.15) is 44.4 Å². The van der Waals surface area contributed by atoms with Gasteiger partial charge >= 0.3 is 0 Å². The molecule has 0 aliphatic heterocycles. The summed E-state index contributed by atoms with van der Waals surface area (Å²) in [7, 11) is 0. The third kappa shape index (κ3) is 3.10. The number of nitrogens with zero attached hydrogens (tertiary/aromatic N) is 3. The number of halogens is 1. The lowest BCUT2D eigenvalue weighted by Gasteiger charge is -2.48. The number of benzene rings is 2. The van der Waals surface area contributed by atoms with Crippen LogP contribution < -0.4 is 0 Å². The third-order valence-corrected chi connectivity index (χ3v) is 8.09. The van der Waals surface area contributed by atoms with Crippen molar-refractivity contribution >= 4 is 16.7 Å². The van der Waals surface area contributed by atoms with Gasteiger partial charge in [0.2, 0.25) is 0 Å². The van der Waals surface area contributed by atoms with Crippen molar-refractivity contribution in [3.8, 4) is 22.6 Å². The molecule has 2 aliphatic carbocycles. The van der Waals surface area contributed by atoms with Crippen molar-refractivity contribution in [2.24, 2.45) is 11.8 Å². The molecule has 3 atom stereocenters. The van der Waals surface area contributed by atoms with E-state index in [0.29, 0.717) is 29.3 Å². The van der Waals surface area contributed by atoms with Gasteiger partial charge in [-0.25, -0.2) is 14.4 Å². The van der Waals surface area contributed by atoms with Crippen LogP contribution in [0.15, 0.2) is 60.8 Å². The summed E-state index contributed by atoms with van der Waals surface area (Å²) in [5.74, 6) is 0.876. The van der Waals surface area contributed by atoms with Crippen LogP contribution in [-0.4, -0.2) is 20.7 Å². The first-order valence-corrected chi connectivity index (χ1v) is 12.0. The van der Waals surface area contributed by atoms with Crippen molar-refractivity contribution in [2.75, 3.05) is 0 Å². The van der Waals surface area contributed by atoms with E-state index in [4.69, 9.17) is 9.97 Å². The molecule has 34 heavy (non-hydrogen) atoms. The number of carbonyl (C=O) groups excluding carboxylic acids is 1. The Morgan fingerprint density at radius 1 is 0.971 bits per heavy atom. The minimum atomic E-state index is -0.284. The zero-order valence-corrected chi connectivity index (χ0v) is 19.4. The summed E-state index contributed by atoms with van der Waals surface area (Å²) in [6.07, 6.45) is 4.72. The third-order valence-electron chi connectivity index (χ3n) is 8.09. The van der Waals surface area contributed by atoms with Crippen LogP contribution in [0.2, 0.25) is 0 Å². The maximum Gasteiger partial charge on any atom is 0.160 e. The molecule has 2 aromatic carbocycles. The smallest absolute Gasteiger partial charge is 0.160 e. The van der Waals surface area contributed by atoms with Gasteiger partial charge in [0.1, 0.15) is 11.6 Å². The van der Waals surface area contributed by atoms with Crippen LogP contribution in [-0.2, 0) is 16.6 Å². The molecular weight excluding hydrogens is 425 g/mol. The minimum Gasteiger partial charge on any atom is -0.299 e. The number of fused-ring (bicyclic) bond motifs is 4. The number of aromatic nitrogens is 3. The zero-order chi connectivity index (χ0) is 23.4. The number of hydrogen-bond donors (Lipinski definition) is 0. The number of pyridine rings is 1. The van der Waals surface area contributed by atoms with E-state index in [0.717, 1.165) is 47.0 Å². The molecular formula is C29H26FN3O. The summed E-state index contributed by atoms with van der Waals surface area (Å²) in [5.41, 5.74) is 4.68. The molecule has 6 rings (SSSR count). The second-order valence-electron chi connectivity index (χ2n) is 9.90. The van der Waals surface area contributed by atoms with E-state index in [1.54, 1.807) is 18.3 Å². The Bertz CT molecular complexity index is 1440. The molecule has 170 valence electrons. The van der Waals surface area contributed by atoms with E-state index in [-0.39, 0.29) is 23.1 Å². The van der Waals surface area contributed by atoms with E-state index in [2.05, 4.69) is 18.8 Å². The molecule has 2 aromatic heterocycles. The molecule has 1 fully saturated rings. The van der Waals surface area contributed by atoms with Gasteiger partial charge in [0, 0.05) is 46.0 Å². The largest absolute Gasteiger partial charge is 0.299 e. The highest BCUT2D eigenvalue weighted by atomic mass is 19.1. The highest BCUT2D eigenvalue weighted by Gasteiger charge is 2.49. The van der Waals surface area contributed by atoms with Gasteiger partial charge in [-0.3, -0.25) is 9.78 Å². The Kier molecular flexibility index (Phi) is 4.83. The highest BCUT2D eigenvalue weighted by molar-refractivity contribution is 5.93. The first kappa shape index (κ1) is 21.1. The summed E-state index contributed by atoms with van der Waals surface area (Å²) < 4.78 is 15.1. The summed E-state index contributed by atoms with van der Waals surface area (Å²) in [5, 5.41) is 0.967. The fourth-order valence-electron chi connectivity index (χ4n) is 6.21. The molecule has 0 radical (unpaired) electrons. The normalized spacial score (nSPS) is 24.0. The van der Waals surface area contributed by atoms with E-state index in [9.17, 15) is 4.79 Å². The molecule has 5 heteroatoms. The predicted octanol–water partition coefficient (Wildman–Crippen LogP) is 6.32. The van der Waals surface area contributed by atoms with Crippen LogP contribution in [0.4, 0.5) is 4.39 Å². The van der Waals surface area contributed by atoms with Crippen molar-refractivity contribution < 1.29 is 9.18 Å². The first-order valence-electron chi connectivity index (χ1n) is 12.0. The maximum absolute atomic E-state index is 15.1. The summed E-state index contributed by atoms with van der Waals surface area (Å²) in [6, 6.07) is 16.7. The Morgan fingerprint density at radius 2 is 1.76 bits per heavy atom. The Balaban J connectivity index is 1.65. The lowest BCUT2D eigenvalue weighted by atomic mass is 9.56. The maximum atomic E-state index is 15.1. The Hall–Kier alpha value is -3.47. The fourth-order valence-corrected chi connectivity index (χ4v) is 6.21. The summed E-state index contributed by atoms with van der Waals surface area (Å²) in [6.45, 7) is 4.30. The molecule has 0 bridgehead atoms. The highest BCUT2D eigenvalue weighted by Crippen LogP contribution is 2.52. The van der Waals surface area contributed by atoms with Gasteiger partial charge < -0.3 is 0 Å². The Morgan fingerprint density at radius 3 is 2.62 bits per heavy atom. The molecule has 2 aliphatic rings. The van der Waals surface area contributed by atoms with E-state index in [1.165, 1.54) is 6.07 Å². The van der Waals surface area contributed by atoms with E-state index in [1.807, 2.05) is 36.4 Å². The van der Waals surface area contributed by atoms with Gasteiger partial charge in [-0.05, 0) is 49.4 Å². The van der Waals surface area contributed by atoms with E-state index >= 15 is 4.39 Å². The van der Waals surface area contributed by atoms with Crippen molar-refractivity contribution in [1.82, 2.24) is 15.0 Å². The average Bonchev–Trinajstić information content (AvgIpc) is 2.86. The number of rotatable bonds is 2. The SMILES string of the molecule is C[C@H]1C(=O)CC[C@@]2(C)c3nc(-c4ccnc5ccccc45)nc(-c4ccccc4F)c3CC[C@H]12. The monoisotopic (exact) mass is 451 g/mol. The lowest BCUT2D eigenvalue weighted by molar-refractivity contribution is -0.128. The van der Waals surface area contributed by atoms with Crippen molar-refractivity contribution in [1.29, 1.82) is 0 Å². The quantitative estimate of drug-likeness (QED) is 0.358. The van der Waals surface area contributed by atoms with Crippen molar-refractivity contribution in [2.45, 2.75) is 44.9 Å². The molecule has 1 saturated carbocycles. The van der Waals surface area contributed by atoms with Gasteiger partial charge in [0.05, 0.1) is 16.9 Å². The topological polar surface area (TPSA) is 55.7 Å². The number of para-hydroxylation sites is 1. The van der Waals surface area contributed by atoms with Gasteiger partial charge in [-0.1, -0.05) is 44.2 Å². The number of Topliss-reactive ketones (excluding diaryl/α,β-unsaturated/α-hetero) is 1. The van der Waals surface area contributed by atoms with Gasteiger partial charge in [0.25, 0.3) is 0 Å². The lowest BCUT2D eigenvalue weighted by Crippen LogP contribution is -2.47. The van der Waals surface area contributed by atoms with Crippen LogP contribution >= 0.6 is 0 Å². The van der Waals surface area contributed by atoms with Crippen molar-refractivity contribution in [3.63, 3.8) is 0 Å². The van der Waals surface area contributed by atoms with Crippen molar-refractivity contribution in [3.05, 3.63) is 77.9 Å². The molecule has 0 N–H and O–H groups in total. The van der Waals surface area contributed by atoms with Gasteiger partial charge in [-0.15, -0.1) is 0 Å². The zero-order valence-electron chi connectivity index (χ0n) is 19.4. The number of hydrogen-bond acceptors (Lipinski definition) is 4. The summed E-state index contributed by atoms with van der Waals surface area (Å²) >= 11 is 0. The second kappa shape index (κ2) is 7.79. The minimum absolute atomic E-state index is 0.00369. The molecule has 4 aromatic rings. The molecule has 0 spiro atoms. The van der Waals surface area contributed by atoms with E-state index < -0.39 is 0 Å². The molecule has 0 amide bonds. The van der Waals surface area contributed by atoms with Gasteiger partial charge in [-0.2, -0.15) is 0 Å². The standard InChI is InChI=1S/C29H26FN3O/c1-17-22-12-11-21-26(20-8-3-5-9-23(20)30)32-28(33-27(21)29(22,2)15-13-25(17)34)19-14-16-31-24-10-6-4-7-18(19)24/h3-10,14,16-17,22H,11-13,15H2,1-2H3/t17-,22-,29-/m1/s1. The number of carbonyl (C=O) groups is 1. The molecule has 2 heterocycles. The first-order chi connectivity index (χ1) is 16.5. The number of ketones is 1. The molecule has 0 saturated heterocycles. The molecule has 0 unspecified atom stereocenters. The van der Waals surface area contributed by atoms with Crippen LogP contribution in [0, 0.1) is 17.7 Å². The van der Waals surface area contributed by atoms with Crippen LogP contribution in [0.25, 0.3) is 33.5 Å². The predicted molar refractivity (Wildman–Crippen MR) is 131 cm³/mol. The van der Waals surface area contributed by atoms with Gasteiger partial charge in [0.15, 0.2) is 5.82 Å². The van der Waals surface area contributed by atoms with Crippen LogP contribution in [0.3, 0.4) is 0 Å².